The Balaban J connectivity index is -0.000000208. The molecule has 0 aliphatic carbocycles. The van der Waals surface area contributed by atoms with Crippen molar-refractivity contribution in [2.45, 2.75) is 64.6 Å². The normalized spacial score (nSPS) is 12.4. The van der Waals surface area contributed by atoms with Gasteiger partial charge in [-0.2, -0.15) is 0 Å². The van der Waals surface area contributed by atoms with Gasteiger partial charge < -0.3 is 24.8 Å². The van der Waals surface area contributed by atoms with Gasteiger partial charge in [-0.3, -0.25) is 4.70 Å². The highest BCUT2D eigenvalue weighted by molar-refractivity contribution is 7.62. The molecule has 0 saturated heterocycles. The summed E-state index contributed by atoms with van der Waals surface area (Å²) < 4.78 is 28.6. The van der Waals surface area contributed by atoms with Crippen molar-refractivity contribution in [3.05, 3.63) is 0 Å². The Kier molecular flexibility index (Phi) is 19.9. The highest BCUT2D eigenvalue weighted by atomic mass is 31.2. The average Bonchev–Trinajstić information content (AvgIpc) is 2.35. The van der Waals surface area contributed by atoms with Crippen LogP contribution < -0.4 is 6.15 Å². The molecule has 0 fully saturated rings. The molecule has 0 amide bonds. The molecule has 27 heavy (non-hydrogen) atoms. The van der Waals surface area contributed by atoms with Crippen LogP contribution in [0.5, 0.6) is 0 Å². The van der Waals surface area contributed by atoms with E-state index < -0.39 is 22.6 Å². The zero-order valence-corrected chi connectivity index (χ0v) is 22.1. The predicted octanol–water partition coefficient (Wildman–Crippen LogP) is 6.11. The molecular formula is C18H48FNO4P2Si. The molecule has 5 nitrogen and oxygen atoms in total. The summed E-state index contributed by atoms with van der Waals surface area (Å²) in [5, 5.41) is 8.66. The van der Waals surface area contributed by atoms with Gasteiger partial charge in [0.1, 0.15) is 0 Å². The summed E-state index contributed by atoms with van der Waals surface area (Å²) in [5.41, 5.74) is 0. The minimum atomic E-state index is -1.82. The van der Waals surface area contributed by atoms with Crippen LogP contribution in [0.15, 0.2) is 0 Å². The minimum absolute atomic E-state index is 0. The molecule has 0 heterocycles. The van der Waals surface area contributed by atoms with E-state index in [4.69, 9.17) is 9.53 Å². The highest BCUT2D eigenvalue weighted by Gasteiger charge is 2.36. The molecule has 0 aromatic heterocycles. The summed E-state index contributed by atoms with van der Waals surface area (Å²) in [6.45, 7) is 19.7. The first-order valence-electron chi connectivity index (χ1n) is 9.35. The lowest BCUT2D eigenvalue weighted by molar-refractivity contribution is 0.281. The Labute approximate surface area is 169 Å². The Bertz CT molecular complexity index is 445. The van der Waals surface area contributed by atoms with Crippen molar-refractivity contribution in [1.29, 1.82) is 0 Å². The Morgan fingerprint density at radius 2 is 1.22 bits per heavy atom. The lowest BCUT2D eigenvalue weighted by Crippen LogP contribution is -2.40. The number of rotatable bonds is 10. The number of halogens is 1. The first-order chi connectivity index (χ1) is 11.0. The monoisotopic (exact) mass is 451 g/mol. The van der Waals surface area contributed by atoms with Gasteiger partial charge in [-0.15, -0.1) is 0 Å². The van der Waals surface area contributed by atoms with Crippen LogP contribution in [0.4, 0.5) is 4.70 Å². The van der Waals surface area contributed by atoms with Crippen molar-refractivity contribution < 1.29 is 23.4 Å². The number of hydrogen-bond acceptors (Lipinski definition) is 5. The molecule has 0 aliphatic heterocycles. The van der Waals surface area contributed by atoms with Crippen LogP contribution in [0.3, 0.4) is 0 Å². The van der Waals surface area contributed by atoms with Gasteiger partial charge in [-0.1, -0.05) is 20.8 Å². The summed E-state index contributed by atoms with van der Waals surface area (Å²) in [6.07, 6.45) is 5.37. The van der Waals surface area contributed by atoms with Crippen LogP contribution in [0.1, 0.15) is 46.5 Å². The third-order valence-corrected chi connectivity index (χ3v) is 11.8. The average molecular weight is 452 g/mol. The van der Waals surface area contributed by atoms with E-state index in [0.717, 1.165) is 44.6 Å². The van der Waals surface area contributed by atoms with Crippen molar-refractivity contribution >= 4 is 22.6 Å². The SMILES string of the molecule is CC(C)(C)[Si](C)(C)OCCCCP(C)(C)=O.CP(C)(=O)CCCCO.F.N. The van der Waals surface area contributed by atoms with Crippen LogP contribution >= 0.6 is 14.3 Å². The van der Waals surface area contributed by atoms with E-state index >= 15 is 0 Å². The molecule has 0 unspecified atom stereocenters. The van der Waals surface area contributed by atoms with Crippen LogP contribution in [0.25, 0.3) is 0 Å². The van der Waals surface area contributed by atoms with Crippen molar-refractivity contribution in [3.8, 4) is 0 Å². The molecule has 0 atom stereocenters. The van der Waals surface area contributed by atoms with Gasteiger partial charge in [0.15, 0.2) is 8.32 Å². The van der Waals surface area contributed by atoms with Crippen molar-refractivity contribution in [2.24, 2.45) is 0 Å². The quantitative estimate of drug-likeness (QED) is 0.237. The van der Waals surface area contributed by atoms with E-state index in [0.29, 0.717) is 0 Å². The van der Waals surface area contributed by atoms with Gasteiger partial charge in [0.2, 0.25) is 0 Å². The zero-order chi connectivity index (χ0) is 20.4. The Morgan fingerprint density at radius 1 is 0.852 bits per heavy atom. The second-order valence-corrected chi connectivity index (χ2v) is 21.3. The summed E-state index contributed by atoms with van der Waals surface area (Å²) in [7, 11) is -5.20. The fraction of sp³-hybridized carbons (Fsp3) is 1.00. The summed E-state index contributed by atoms with van der Waals surface area (Å²) in [4.78, 5) is 0. The fourth-order valence-electron chi connectivity index (χ4n) is 1.74. The number of aliphatic hydroxyl groups excluding tert-OH is 1. The predicted molar refractivity (Wildman–Crippen MR) is 125 cm³/mol. The number of aliphatic hydroxyl groups is 1. The number of unbranched alkanes of at least 4 members (excludes halogenated alkanes) is 2. The van der Waals surface area contributed by atoms with Crippen LogP contribution in [0, 0.1) is 0 Å². The van der Waals surface area contributed by atoms with Gasteiger partial charge in [-0.05, 0) is 70.5 Å². The largest absolute Gasteiger partial charge is 0.417 e. The lowest BCUT2D eigenvalue weighted by Gasteiger charge is -2.36. The third-order valence-electron chi connectivity index (χ3n) is 4.46. The van der Waals surface area contributed by atoms with Crippen LogP contribution in [-0.4, -0.2) is 65.6 Å². The topological polar surface area (TPSA) is 98.6 Å². The third kappa shape index (κ3) is 24.4. The smallest absolute Gasteiger partial charge is 0.191 e. The molecule has 170 valence electrons. The first-order valence-corrected chi connectivity index (χ1v) is 17.8. The number of hydrogen-bond donors (Lipinski definition) is 2. The van der Waals surface area contributed by atoms with E-state index in [-0.39, 0.29) is 22.5 Å². The van der Waals surface area contributed by atoms with Gasteiger partial charge in [-0.25, -0.2) is 0 Å². The molecule has 0 bridgehead atoms. The Morgan fingerprint density at radius 3 is 1.52 bits per heavy atom. The molecular weight excluding hydrogens is 403 g/mol. The van der Waals surface area contributed by atoms with Gasteiger partial charge in [0, 0.05) is 25.5 Å². The van der Waals surface area contributed by atoms with Crippen LogP contribution in [-0.2, 0) is 13.6 Å². The van der Waals surface area contributed by atoms with Crippen molar-refractivity contribution in [3.63, 3.8) is 0 Å². The summed E-state index contributed by atoms with van der Waals surface area (Å²) in [5.74, 6) is 0. The van der Waals surface area contributed by atoms with Crippen LogP contribution in [0.2, 0.25) is 18.1 Å². The van der Waals surface area contributed by atoms with Gasteiger partial charge >= 0.3 is 0 Å². The molecule has 0 spiro atoms. The molecule has 0 rings (SSSR count). The molecule has 4 N–H and O–H groups in total. The molecule has 9 heteroatoms. The van der Waals surface area contributed by atoms with Crippen molar-refractivity contribution in [2.75, 3.05) is 52.2 Å². The second kappa shape index (κ2) is 15.3. The molecule has 0 aromatic rings. The molecule has 0 radical (unpaired) electrons. The molecule has 0 aliphatic rings. The maximum Gasteiger partial charge on any atom is 0.191 e. The van der Waals surface area contributed by atoms with E-state index in [1.54, 1.807) is 13.3 Å². The molecule has 0 aromatic carbocycles. The van der Waals surface area contributed by atoms with E-state index in [1.807, 2.05) is 13.3 Å². The zero-order valence-electron chi connectivity index (χ0n) is 19.3. The minimum Gasteiger partial charge on any atom is -0.417 e. The lowest BCUT2D eigenvalue weighted by atomic mass is 10.2. The standard InChI is InChI=1S/C12H29O2PSi.C6H15O2P.FH.H3N/c1-12(2,3)16(6,7)14-10-8-9-11-15(4,5)13;1-9(2,8)6-4-3-5-7;;/h8-11H2,1-7H3;7H,3-6H2,1-2H3;1H;1H3. The van der Waals surface area contributed by atoms with E-state index in [9.17, 15) is 9.13 Å². The first kappa shape index (κ1) is 35.0. The maximum atomic E-state index is 11.5. The molecule has 0 saturated carbocycles. The second-order valence-electron chi connectivity index (χ2n) is 9.34. The van der Waals surface area contributed by atoms with E-state index in [1.165, 1.54) is 0 Å². The van der Waals surface area contributed by atoms with E-state index in [2.05, 4.69) is 33.9 Å². The van der Waals surface area contributed by atoms with Crippen molar-refractivity contribution in [1.82, 2.24) is 6.15 Å². The summed E-state index contributed by atoms with van der Waals surface area (Å²) >= 11 is 0. The van der Waals surface area contributed by atoms with Gasteiger partial charge in [0.25, 0.3) is 0 Å². The fourth-order valence-corrected chi connectivity index (χ4v) is 4.80. The van der Waals surface area contributed by atoms with Gasteiger partial charge in [0.05, 0.1) is 14.3 Å². The maximum absolute atomic E-state index is 11.5. The Hall–Kier alpha value is 0.487. The summed E-state index contributed by atoms with van der Waals surface area (Å²) in [6, 6.07) is 0. The highest BCUT2D eigenvalue weighted by Crippen LogP contribution is 2.38.